The third-order valence-electron chi connectivity index (χ3n) is 2.99. The molecule has 0 saturated carbocycles. The van der Waals surface area contributed by atoms with Crippen molar-refractivity contribution in [3.63, 3.8) is 0 Å². The second-order valence-electron chi connectivity index (χ2n) is 4.14. The number of H-pyrrole nitrogens is 2. The zero-order valence-corrected chi connectivity index (χ0v) is 9.81. The monoisotopic (exact) mass is 254 g/mol. The van der Waals surface area contributed by atoms with Crippen LogP contribution in [0.4, 0.5) is 0 Å². The van der Waals surface area contributed by atoms with Crippen LogP contribution in [0.3, 0.4) is 0 Å². The van der Waals surface area contributed by atoms with E-state index in [1.807, 2.05) is 0 Å². The number of fused-ring (bicyclic) bond motifs is 1. The van der Waals surface area contributed by atoms with Crippen LogP contribution in [0.2, 0.25) is 0 Å². The van der Waals surface area contributed by atoms with Gasteiger partial charge < -0.3 is 15.1 Å². The summed E-state index contributed by atoms with van der Waals surface area (Å²) in [4.78, 5) is 29.5. The van der Waals surface area contributed by atoms with Crippen molar-refractivity contribution in [2.75, 3.05) is 0 Å². The quantitative estimate of drug-likeness (QED) is 0.655. The van der Waals surface area contributed by atoms with Crippen molar-refractivity contribution in [2.24, 2.45) is 0 Å². The number of carbonyl (C=O) groups is 1. The van der Waals surface area contributed by atoms with Gasteiger partial charge in [0.2, 0.25) is 5.43 Å². The van der Waals surface area contributed by atoms with Crippen LogP contribution in [-0.2, 0) is 0 Å². The molecule has 0 spiro atoms. The van der Waals surface area contributed by atoms with Crippen molar-refractivity contribution in [1.29, 1.82) is 0 Å². The van der Waals surface area contributed by atoms with Crippen molar-refractivity contribution >= 4 is 16.9 Å². The third-order valence-corrected chi connectivity index (χ3v) is 2.99. The van der Waals surface area contributed by atoms with Crippen LogP contribution in [0, 0.1) is 0 Å². The number of aromatic nitrogens is 2. The highest BCUT2D eigenvalue weighted by Gasteiger charge is 2.19. The SMILES string of the molecule is O=C(O)c1c(-c2ccc[nH]2)[nH]c2ccccc2c1=O. The van der Waals surface area contributed by atoms with Gasteiger partial charge in [-0.2, -0.15) is 0 Å². The van der Waals surface area contributed by atoms with Crippen molar-refractivity contribution in [1.82, 2.24) is 9.97 Å². The maximum Gasteiger partial charge on any atom is 0.341 e. The van der Waals surface area contributed by atoms with Crippen LogP contribution < -0.4 is 5.43 Å². The summed E-state index contributed by atoms with van der Waals surface area (Å²) >= 11 is 0. The van der Waals surface area contributed by atoms with Gasteiger partial charge in [0.05, 0.1) is 11.4 Å². The lowest BCUT2D eigenvalue weighted by Crippen LogP contribution is -2.18. The van der Waals surface area contributed by atoms with Gasteiger partial charge in [0.25, 0.3) is 0 Å². The van der Waals surface area contributed by atoms with E-state index in [-0.39, 0.29) is 5.56 Å². The molecule has 0 aliphatic heterocycles. The summed E-state index contributed by atoms with van der Waals surface area (Å²) < 4.78 is 0. The maximum absolute atomic E-state index is 12.3. The van der Waals surface area contributed by atoms with Crippen molar-refractivity contribution in [3.05, 3.63) is 58.4 Å². The zero-order chi connectivity index (χ0) is 13.4. The number of aromatic carboxylic acids is 1. The molecule has 0 radical (unpaired) electrons. The molecule has 0 atom stereocenters. The second-order valence-corrected chi connectivity index (χ2v) is 4.14. The van der Waals surface area contributed by atoms with Crippen molar-refractivity contribution in [3.8, 4) is 11.4 Å². The van der Waals surface area contributed by atoms with Gasteiger partial charge in [-0.05, 0) is 24.3 Å². The molecule has 0 bridgehead atoms. The topological polar surface area (TPSA) is 85.9 Å². The lowest BCUT2D eigenvalue weighted by atomic mass is 10.1. The Kier molecular flexibility index (Phi) is 2.45. The highest BCUT2D eigenvalue weighted by molar-refractivity contribution is 5.98. The average Bonchev–Trinajstić information content (AvgIpc) is 2.92. The van der Waals surface area contributed by atoms with Gasteiger partial charge in [-0.3, -0.25) is 4.79 Å². The molecule has 0 aliphatic rings. The fourth-order valence-corrected chi connectivity index (χ4v) is 2.13. The van der Waals surface area contributed by atoms with Crippen molar-refractivity contribution in [2.45, 2.75) is 0 Å². The molecular formula is C14H10N2O3. The molecule has 0 fully saturated rings. The van der Waals surface area contributed by atoms with Gasteiger partial charge in [-0.15, -0.1) is 0 Å². The normalized spacial score (nSPS) is 10.7. The summed E-state index contributed by atoms with van der Waals surface area (Å²) in [5.74, 6) is -1.24. The Balaban J connectivity index is 2.47. The average molecular weight is 254 g/mol. The van der Waals surface area contributed by atoms with Crippen LogP contribution in [0.1, 0.15) is 10.4 Å². The van der Waals surface area contributed by atoms with Crippen LogP contribution in [0.25, 0.3) is 22.3 Å². The lowest BCUT2D eigenvalue weighted by Gasteiger charge is -2.07. The molecule has 3 N–H and O–H groups in total. The van der Waals surface area contributed by atoms with Gasteiger partial charge in [0, 0.05) is 17.1 Å². The van der Waals surface area contributed by atoms with E-state index in [9.17, 15) is 14.7 Å². The first-order chi connectivity index (χ1) is 9.18. The summed E-state index contributed by atoms with van der Waals surface area (Å²) in [5, 5.41) is 9.64. The molecule has 2 heterocycles. The number of pyridine rings is 1. The first-order valence-electron chi connectivity index (χ1n) is 5.70. The van der Waals surface area contributed by atoms with Crippen LogP contribution >= 0.6 is 0 Å². The minimum atomic E-state index is -1.24. The number of hydrogen-bond donors (Lipinski definition) is 3. The highest BCUT2D eigenvalue weighted by atomic mass is 16.4. The van der Waals surface area contributed by atoms with Gasteiger partial charge in [0.1, 0.15) is 5.56 Å². The number of nitrogens with one attached hydrogen (secondary N) is 2. The molecular weight excluding hydrogens is 244 g/mol. The molecule has 2 aromatic heterocycles. The number of carboxylic acid groups (broad SMARTS) is 1. The van der Waals surface area contributed by atoms with Gasteiger partial charge >= 0.3 is 5.97 Å². The Labute approximate surface area is 107 Å². The predicted molar refractivity (Wildman–Crippen MR) is 71.3 cm³/mol. The third kappa shape index (κ3) is 1.72. The number of para-hydroxylation sites is 1. The number of carboxylic acids is 1. The Bertz CT molecular complexity index is 816. The van der Waals surface area contributed by atoms with Gasteiger partial charge in [-0.25, -0.2) is 4.79 Å². The van der Waals surface area contributed by atoms with Crippen LogP contribution in [0.5, 0.6) is 0 Å². The van der Waals surface area contributed by atoms with E-state index in [0.717, 1.165) is 0 Å². The molecule has 0 aliphatic carbocycles. The van der Waals surface area contributed by atoms with E-state index in [4.69, 9.17) is 0 Å². The molecule has 19 heavy (non-hydrogen) atoms. The Morgan fingerprint density at radius 2 is 1.89 bits per heavy atom. The Hall–Kier alpha value is -2.82. The zero-order valence-electron chi connectivity index (χ0n) is 9.81. The van der Waals surface area contributed by atoms with Crippen molar-refractivity contribution < 1.29 is 9.90 Å². The van der Waals surface area contributed by atoms with E-state index >= 15 is 0 Å². The molecule has 3 aromatic rings. The van der Waals surface area contributed by atoms with E-state index in [1.54, 1.807) is 42.6 Å². The Morgan fingerprint density at radius 1 is 1.11 bits per heavy atom. The van der Waals surface area contributed by atoms with Crippen LogP contribution in [0.15, 0.2) is 47.4 Å². The summed E-state index contributed by atoms with van der Waals surface area (Å²) in [5.41, 5.74) is 0.746. The standard InChI is InChI=1S/C14H10N2O3/c17-13-8-4-1-2-5-9(8)16-12(11(13)14(18)19)10-6-3-7-15-10/h1-7,15H,(H,16,17)(H,18,19). The number of benzene rings is 1. The van der Waals surface area contributed by atoms with E-state index in [0.29, 0.717) is 22.3 Å². The van der Waals surface area contributed by atoms with Gasteiger partial charge in [-0.1, -0.05) is 12.1 Å². The maximum atomic E-state index is 12.3. The molecule has 0 unspecified atom stereocenters. The minimum absolute atomic E-state index is 0.249. The largest absolute Gasteiger partial charge is 0.477 e. The predicted octanol–water partition coefficient (Wildman–Crippen LogP) is 2.22. The number of hydrogen-bond acceptors (Lipinski definition) is 2. The second kappa shape index (κ2) is 4.13. The first kappa shape index (κ1) is 11.3. The lowest BCUT2D eigenvalue weighted by molar-refractivity contribution is 0.0696. The van der Waals surface area contributed by atoms with E-state index < -0.39 is 11.4 Å². The number of aromatic amines is 2. The summed E-state index contributed by atoms with van der Waals surface area (Å²) in [6.07, 6.45) is 1.68. The smallest absolute Gasteiger partial charge is 0.341 e. The molecule has 0 saturated heterocycles. The van der Waals surface area contributed by atoms with E-state index in [1.165, 1.54) is 0 Å². The summed E-state index contributed by atoms with van der Waals surface area (Å²) in [6, 6.07) is 10.3. The Morgan fingerprint density at radius 3 is 2.58 bits per heavy atom. The molecule has 5 heteroatoms. The number of rotatable bonds is 2. The summed E-state index contributed by atoms with van der Waals surface area (Å²) in [6.45, 7) is 0. The summed E-state index contributed by atoms with van der Waals surface area (Å²) in [7, 11) is 0. The molecule has 3 rings (SSSR count). The fourth-order valence-electron chi connectivity index (χ4n) is 2.13. The fraction of sp³-hybridized carbons (Fsp3) is 0. The highest BCUT2D eigenvalue weighted by Crippen LogP contribution is 2.20. The van der Waals surface area contributed by atoms with Crippen LogP contribution in [-0.4, -0.2) is 21.0 Å². The molecule has 94 valence electrons. The molecule has 5 nitrogen and oxygen atoms in total. The first-order valence-corrected chi connectivity index (χ1v) is 5.70. The van der Waals surface area contributed by atoms with Gasteiger partial charge in [0.15, 0.2) is 0 Å². The van der Waals surface area contributed by atoms with E-state index in [2.05, 4.69) is 9.97 Å². The molecule has 0 amide bonds. The minimum Gasteiger partial charge on any atom is -0.477 e. The molecule has 1 aromatic carbocycles.